The third-order valence-corrected chi connectivity index (χ3v) is 4.06. The monoisotopic (exact) mass is 308 g/mol. The van der Waals surface area contributed by atoms with Crippen molar-refractivity contribution in [1.29, 1.82) is 0 Å². The zero-order valence-corrected chi connectivity index (χ0v) is 12.7. The Morgan fingerprint density at radius 2 is 2.04 bits per heavy atom. The molecule has 3 aromatic rings. The second-order valence-electron chi connectivity index (χ2n) is 5.51. The molecule has 116 valence electrons. The van der Waals surface area contributed by atoms with Crippen molar-refractivity contribution in [3.63, 3.8) is 0 Å². The highest BCUT2D eigenvalue weighted by Gasteiger charge is 2.32. The van der Waals surface area contributed by atoms with Crippen LogP contribution in [0.2, 0.25) is 0 Å². The Kier molecular flexibility index (Phi) is 3.27. The van der Waals surface area contributed by atoms with Crippen LogP contribution in [-0.4, -0.2) is 38.5 Å². The molecule has 1 amide bonds. The van der Waals surface area contributed by atoms with Crippen molar-refractivity contribution in [3.8, 4) is 0 Å². The van der Waals surface area contributed by atoms with E-state index < -0.39 is 6.04 Å². The highest BCUT2D eigenvalue weighted by molar-refractivity contribution is 5.99. The number of nitrogens with zero attached hydrogens (tertiary/aromatic N) is 5. The van der Waals surface area contributed by atoms with Gasteiger partial charge in [0, 0.05) is 38.2 Å². The van der Waals surface area contributed by atoms with Crippen LogP contribution < -0.4 is 10.2 Å². The number of imidazole rings is 1. The molecular formula is C16H16N6O. The fraction of sp³-hybridized carbons (Fsp3) is 0.250. The summed E-state index contributed by atoms with van der Waals surface area (Å²) in [6, 6.07) is 7.10. The van der Waals surface area contributed by atoms with Crippen LogP contribution in [-0.2, 0) is 11.8 Å². The summed E-state index contributed by atoms with van der Waals surface area (Å²) < 4.78 is 1.95. The fourth-order valence-electron chi connectivity index (χ4n) is 2.87. The molecule has 4 rings (SSSR count). The maximum absolute atomic E-state index is 12.8. The molecule has 0 bridgehead atoms. The molecule has 1 aliphatic heterocycles. The van der Waals surface area contributed by atoms with Gasteiger partial charge in [-0.3, -0.25) is 10.1 Å². The predicted octanol–water partition coefficient (Wildman–Crippen LogP) is 1.04. The topological polar surface area (TPSA) is 75.9 Å². The third-order valence-electron chi connectivity index (χ3n) is 4.06. The minimum atomic E-state index is -0.507. The molecule has 1 unspecified atom stereocenters. The van der Waals surface area contributed by atoms with E-state index in [4.69, 9.17) is 0 Å². The Bertz CT molecular complexity index is 859. The summed E-state index contributed by atoms with van der Waals surface area (Å²) in [6.07, 6.45) is 5.07. The normalized spacial score (nSPS) is 18.6. The van der Waals surface area contributed by atoms with Gasteiger partial charge in [-0.15, -0.1) is 0 Å². The fourth-order valence-corrected chi connectivity index (χ4v) is 2.87. The smallest absolute Gasteiger partial charge is 0.252 e. The molecule has 7 nitrogen and oxygen atoms in total. The maximum atomic E-state index is 12.8. The molecule has 1 aromatic carbocycles. The molecule has 2 aromatic heterocycles. The van der Waals surface area contributed by atoms with Crippen LogP contribution >= 0.6 is 0 Å². The molecule has 1 N–H and O–H groups in total. The number of benzene rings is 1. The van der Waals surface area contributed by atoms with Crippen LogP contribution in [0.15, 0.2) is 43.0 Å². The van der Waals surface area contributed by atoms with Crippen molar-refractivity contribution >= 4 is 22.6 Å². The molecule has 0 spiro atoms. The lowest BCUT2D eigenvalue weighted by Gasteiger charge is -2.32. The molecule has 23 heavy (non-hydrogen) atoms. The lowest BCUT2D eigenvalue weighted by Crippen LogP contribution is -2.50. The van der Waals surface area contributed by atoms with E-state index in [2.05, 4.69) is 20.3 Å². The van der Waals surface area contributed by atoms with Gasteiger partial charge < -0.3 is 9.47 Å². The van der Waals surface area contributed by atoms with E-state index in [0.29, 0.717) is 18.9 Å². The molecule has 1 atom stereocenters. The number of carbonyl (C=O) groups is 1. The van der Waals surface area contributed by atoms with E-state index in [1.54, 1.807) is 29.7 Å². The number of aryl methyl sites for hydroxylation is 1. The van der Waals surface area contributed by atoms with E-state index in [-0.39, 0.29) is 5.91 Å². The predicted molar refractivity (Wildman–Crippen MR) is 85.8 cm³/mol. The van der Waals surface area contributed by atoms with E-state index in [0.717, 1.165) is 16.7 Å². The maximum Gasteiger partial charge on any atom is 0.252 e. The zero-order valence-electron chi connectivity index (χ0n) is 12.7. The average molecular weight is 308 g/mol. The van der Waals surface area contributed by atoms with Gasteiger partial charge in [0.1, 0.15) is 6.04 Å². The van der Waals surface area contributed by atoms with E-state index >= 15 is 0 Å². The van der Waals surface area contributed by atoms with Gasteiger partial charge in [-0.05, 0) is 24.3 Å². The van der Waals surface area contributed by atoms with Gasteiger partial charge >= 0.3 is 0 Å². The summed E-state index contributed by atoms with van der Waals surface area (Å²) in [6.45, 7) is 1.31. The number of hydrogen-bond donors (Lipinski definition) is 1. The number of hydrogen-bond acceptors (Lipinski definition) is 5. The van der Waals surface area contributed by atoms with Gasteiger partial charge in [0.15, 0.2) is 5.82 Å². The first-order valence-electron chi connectivity index (χ1n) is 7.47. The Balaban J connectivity index is 1.69. The summed E-state index contributed by atoms with van der Waals surface area (Å²) in [7, 11) is 1.94. The summed E-state index contributed by atoms with van der Waals surface area (Å²) in [4.78, 5) is 27.3. The minimum Gasteiger partial charge on any atom is -0.334 e. The third kappa shape index (κ3) is 2.35. The van der Waals surface area contributed by atoms with Gasteiger partial charge in [0.05, 0.1) is 17.4 Å². The lowest BCUT2D eigenvalue weighted by atomic mass is 10.1. The highest BCUT2D eigenvalue weighted by Crippen LogP contribution is 2.25. The van der Waals surface area contributed by atoms with Crippen molar-refractivity contribution in [1.82, 2.24) is 24.8 Å². The van der Waals surface area contributed by atoms with Gasteiger partial charge in [0.25, 0.3) is 5.91 Å². The second kappa shape index (κ2) is 5.44. The Labute approximate surface area is 133 Å². The Morgan fingerprint density at radius 3 is 2.87 bits per heavy atom. The summed E-state index contributed by atoms with van der Waals surface area (Å²) in [5.74, 6) is 0.466. The van der Waals surface area contributed by atoms with Crippen LogP contribution in [0, 0.1) is 0 Å². The summed E-state index contributed by atoms with van der Waals surface area (Å²) >= 11 is 0. The molecule has 7 heteroatoms. The quantitative estimate of drug-likeness (QED) is 0.765. The molecule has 0 saturated carbocycles. The molecule has 3 heterocycles. The van der Waals surface area contributed by atoms with Gasteiger partial charge in [-0.1, -0.05) is 0 Å². The molecule has 0 radical (unpaired) electrons. The SMILES string of the molecule is Cn1cnc2ccc(N3CCNC(c4ncccn4)C3=O)cc21. The first-order valence-corrected chi connectivity index (χ1v) is 7.47. The van der Waals surface area contributed by atoms with Crippen molar-refractivity contribution in [2.45, 2.75) is 6.04 Å². The van der Waals surface area contributed by atoms with Gasteiger partial charge in [0.2, 0.25) is 0 Å². The van der Waals surface area contributed by atoms with Crippen molar-refractivity contribution < 1.29 is 4.79 Å². The van der Waals surface area contributed by atoms with Crippen LogP contribution in [0.4, 0.5) is 5.69 Å². The van der Waals surface area contributed by atoms with Crippen LogP contribution in [0.25, 0.3) is 11.0 Å². The lowest BCUT2D eigenvalue weighted by molar-refractivity contribution is -0.121. The van der Waals surface area contributed by atoms with Gasteiger partial charge in [-0.2, -0.15) is 0 Å². The number of nitrogens with one attached hydrogen (secondary N) is 1. The minimum absolute atomic E-state index is 0.0380. The second-order valence-corrected chi connectivity index (χ2v) is 5.51. The summed E-state index contributed by atoms with van der Waals surface area (Å²) in [5.41, 5.74) is 2.79. The number of rotatable bonds is 2. The van der Waals surface area contributed by atoms with Crippen molar-refractivity contribution in [3.05, 3.63) is 48.8 Å². The molecule has 1 aliphatic rings. The molecule has 0 aliphatic carbocycles. The van der Waals surface area contributed by atoms with Crippen molar-refractivity contribution in [2.75, 3.05) is 18.0 Å². The Morgan fingerprint density at radius 1 is 1.22 bits per heavy atom. The Hall–Kier alpha value is -2.80. The number of piperazine rings is 1. The van der Waals surface area contributed by atoms with Crippen molar-refractivity contribution in [2.24, 2.45) is 7.05 Å². The first-order chi connectivity index (χ1) is 11.2. The standard InChI is InChI=1S/C16H16N6O/c1-21-10-20-12-4-3-11(9-13(12)21)22-8-7-17-14(16(22)23)15-18-5-2-6-19-15/h2-6,9-10,14,17H,7-8H2,1H3. The molecule has 1 fully saturated rings. The molecular weight excluding hydrogens is 292 g/mol. The number of carbonyl (C=O) groups excluding carboxylic acids is 1. The van der Waals surface area contributed by atoms with E-state index in [9.17, 15) is 4.79 Å². The molecule has 1 saturated heterocycles. The number of fused-ring (bicyclic) bond motifs is 1. The van der Waals surface area contributed by atoms with Crippen LogP contribution in [0.1, 0.15) is 11.9 Å². The number of aromatic nitrogens is 4. The van der Waals surface area contributed by atoms with Gasteiger partial charge in [-0.25, -0.2) is 15.0 Å². The summed E-state index contributed by atoms with van der Waals surface area (Å²) in [5, 5.41) is 3.19. The van der Waals surface area contributed by atoms with Crippen LogP contribution in [0.5, 0.6) is 0 Å². The zero-order chi connectivity index (χ0) is 15.8. The number of anilines is 1. The van der Waals surface area contributed by atoms with E-state index in [1.165, 1.54) is 0 Å². The number of amides is 1. The first kappa shape index (κ1) is 13.8. The largest absolute Gasteiger partial charge is 0.334 e. The average Bonchev–Trinajstić information content (AvgIpc) is 2.96. The highest BCUT2D eigenvalue weighted by atomic mass is 16.2. The van der Waals surface area contributed by atoms with E-state index in [1.807, 2.05) is 29.8 Å². The van der Waals surface area contributed by atoms with Crippen LogP contribution in [0.3, 0.4) is 0 Å².